The number of ether oxygens (including phenoxy) is 1. The van der Waals surface area contributed by atoms with Crippen LogP contribution in [0.5, 0.6) is 0 Å². The summed E-state index contributed by atoms with van der Waals surface area (Å²) in [5.41, 5.74) is -13.0. The molecule has 0 aromatic heterocycles. The van der Waals surface area contributed by atoms with Crippen molar-refractivity contribution < 1.29 is 70.6 Å². The maximum Gasteiger partial charge on any atom is 0.422 e. The van der Waals surface area contributed by atoms with Gasteiger partial charge in [-0.25, -0.2) is 26.3 Å². The zero-order valence-electron chi connectivity index (χ0n) is 20.4. The van der Waals surface area contributed by atoms with E-state index in [1.165, 1.54) is 12.8 Å². The second kappa shape index (κ2) is 12.1. The molecule has 1 aliphatic heterocycles. The molecule has 4 rings (SSSR count). The van der Waals surface area contributed by atoms with Gasteiger partial charge in [-0.2, -0.15) is 39.5 Å². The molecule has 1 fully saturated rings. The highest BCUT2D eigenvalue weighted by atomic mass is 19.4. The van der Waals surface area contributed by atoms with Crippen molar-refractivity contribution >= 4 is 23.1 Å². The van der Waals surface area contributed by atoms with E-state index >= 15 is 0 Å². The predicted molar refractivity (Wildman–Crippen MR) is 119 cm³/mol. The first kappa shape index (κ1) is 33.1. The molecule has 3 aromatic carbocycles. The van der Waals surface area contributed by atoms with Gasteiger partial charge in [-0.15, -0.1) is 0 Å². The molecule has 1 aliphatic rings. The third-order valence-electron chi connectivity index (χ3n) is 5.97. The minimum Gasteiger partial charge on any atom is -0.381 e. The Kier molecular flexibility index (Phi) is 9.54. The molecule has 1 nitrogen and oxygen atoms in total. The lowest BCUT2D eigenvalue weighted by Crippen LogP contribution is -2.57. The van der Waals surface area contributed by atoms with Gasteiger partial charge >= 0.3 is 18.5 Å². The Labute approximate surface area is 227 Å². The van der Waals surface area contributed by atoms with Crippen LogP contribution < -0.4 is 16.4 Å². The van der Waals surface area contributed by atoms with Gasteiger partial charge in [0, 0.05) is 13.2 Å². The molecule has 0 unspecified atom stereocenters. The average molecular weight is 626 g/mol. The van der Waals surface area contributed by atoms with E-state index in [9.17, 15) is 65.9 Å². The van der Waals surface area contributed by atoms with Crippen molar-refractivity contribution in [1.82, 2.24) is 0 Å². The molecule has 0 aliphatic carbocycles. The maximum atomic E-state index is 14.9. The lowest BCUT2D eigenvalue weighted by atomic mass is 9.36. The number of halogens is 15. The second-order valence-electron chi connectivity index (χ2n) is 8.72. The molecule has 17 heteroatoms. The van der Waals surface area contributed by atoms with Crippen LogP contribution in [0.2, 0.25) is 0 Å². The van der Waals surface area contributed by atoms with Crippen LogP contribution in [0.1, 0.15) is 29.5 Å². The predicted octanol–water partition coefficient (Wildman–Crippen LogP) is 6.89. The molecule has 0 bridgehead atoms. The number of benzene rings is 3. The van der Waals surface area contributed by atoms with Crippen LogP contribution in [-0.4, -0.2) is 19.9 Å². The van der Waals surface area contributed by atoms with E-state index in [2.05, 4.69) is 0 Å². The van der Waals surface area contributed by atoms with E-state index in [0.717, 1.165) is 13.2 Å². The first-order valence-corrected chi connectivity index (χ1v) is 11.5. The number of hydrogen-bond acceptors (Lipinski definition) is 1. The molecule has 1 saturated heterocycles. The summed E-state index contributed by atoms with van der Waals surface area (Å²) in [5.74, 6) is -14.8. The van der Waals surface area contributed by atoms with Crippen LogP contribution >= 0.6 is 0 Å². The van der Waals surface area contributed by atoms with Crippen LogP contribution in [0.4, 0.5) is 65.9 Å². The van der Waals surface area contributed by atoms with Crippen LogP contribution in [0.3, 0.4) is 0 Å². The van der Waals surface area contributed by atoms with Crippen LogP contribution in [0, 0.1) is 34.9 Å². The first-order chi connectivity index (χ1) is 19.3. The number of alkyl halides is 9. The summed E-state index contributed by atoms with van der Waals surface area (Å²) in [4.78, 5) is 0. The van der Waals surface area contributed by atoms with Crippen LogP contribution in [-0.2, 0) is 23.3 Å². The molecule has 1 heterocycles. The molecular weight excluding hydrogens is 612 g/mol. The highest BCUT2D eigenvalue weighted by Crippen LogP contribution is 2.36. The van der Waals surface area contributed by atoms with Crippen molar-refractivity contribution in [2.45, 2.75) is 31.4 Å². The van der Waals surface area contributed by atoms with E-state index in [0.29, 0.717) is 0 Å². The Morgan fingerprint density at radius 2 is 0.714 bits per heavy atom. The molecule has 3 aromatic rings. The topological polar surface area (TPSA) is 9.23 Å². The van der Waals surface area contributed by atoms with Crippen LogP contribution in [0.25, 0.3) is 0 Å². The number of hydrogen-bond donors (Lipinski definition) is 0. The Hall–Kier alpha value is -3.37. The second-order valence-corrected chi connectivity index (χ2v) is 8.72. The van der Waals surface area contributed by atoms with Gasteiger partial charge in [-0.3, -0.25) is 0 Å². The van der Waals surface area contributed by atoms with Crippen molar-refractivity contribution in [3.8, 4) is 0 Å². The zero-order valence-corrected chi connectivity index (χ0v) is 20.4. The Bertz CT molecular complexity index is 1270. The third kappa shape index (κ3) is 6.81. The molecule has 0 radical (unpaired) electrons. The van der Waals surface area contributed by atoms with E-state index in [-0.39, 0.29) is 36.4 Å². The lowest BCUT2D eigenvalue weighted by molar-refractivity contribution is -0.143. The Balaban J connectivity index is 0.000000873. The summed E-state index contributed by atoms with van der Waals surface area (Å²) in [6.45, 7) is -0.940. The van der Waals surface area contributed by atoms with Gasteiger partial charge in [0.1, 0.15) is 51.6 Å². The van der Waals surface area contributed by atoms with E-state index in [4.69, 9.17) is 4.74 Å². The normalized spacial score (nSPS) is 14.1. The quantitative estimate of drug-likeness (QED) is 0.228. The summed E-state index contributed by atoms with van der Waals surface area (Å²) in [5, 5.41) is 0. The fourth-order valence-corrected chi connectivity index (χ4v) is 4.17. The fourth-order valence-electron chi connectivity index (χ4n) is 4.17. The first-order valence-electron chi connectivity index (χ1n) is 11.5. The van der Waals surface area contributed by atoms with E-state index in [1.807, 2.05) is 0 Å². The van der Waals surface area contributed by atoms with Crippen molar-refractivity contribution in [2.24, 2.45) is 0 Å². The Morgan fingerprint density at radius 3 is 0.905 bits per heavy atom. The maximum absolute atomic E-state index is 14.9. The molecule has 42 heavy (non-hydrogen) atoms. The molecule has 228 valence electrons. The van der Waals surface area contributed by atoms with Gasteiger partial charge in [0.05, 0.1) is 0 Å². The summed E-state index contributed by atoms with van der Waals surface area (Å²) in [6.07, 6.45) is -14.9. The average Bonchev–Trinajstić information content (AvgIpc) is 3.40. The van der Waals surface area contributed by atoms with E-state index in [1.54, 1.807) is 0 Å². The summed E-state index contributed by atoms with van der Waals surface area (Å²) >= 11 is 0. The summed E-state index contributed by atoms with van der Waals surface area (Å²) in [7, 11) is 0. The highest BCUT2D eigenvalue weighted by molar-refractivity contribution is 6.95. The van der Waals surface area contributed by atoms with Crippen molar-refractivity contribution in [2.75, 3.05) is 13.2 Å². The van der Waals surface area contributed by atoms with Gasteiger partial charge in [0.25, 0.3) is 6.71 Å². The minimum atomic E-state index is -5.83. The molecule has 0 spiro atoms. The zero-order chi connectivity index (χ0) is 31.8. The molecular formula is C25H14BF15O. The molecule has 0 saturated carbocycles. The van der Waals surface area contributed by atoms with Crippen LogP contribution in [0.15, 0.2) is 36.4 Å². The monoisotopic (exact) mass is 626 g/mol. The molecule has 0 amide bonds. The van der Waals surface area contributed by atoms with Crippen molar-refractivity contribution in [1.29, 1.82) is 0 Å². The van der Waals surface area contributed by atoms with Gasteiger partial charge in [0.15, 0.2) is 0 Å². The number of rotatable bonds is 3. The van der Waals surface area contributed by atoms with E-state index < -0.39 is 93.2 Å². The van der Waals surface area contributed by atoms with Gasteiger partial charge in [-0.1, -0.05) is 18.2 Å². The minimum absolute atomic E-state index is 0.0801. The highest BCUT2D eigenvalue weighted by Gasteiger charge is 2.46. The largest absolute Gasteiger partial charge is 0.422 e. The van der Waals surface area contributed by atoms with Gasteiger partial charge < -0.3 is 4.74 Å². The smallest absolute Gasteiger partial charge is 0.381 e. The third-order valence-corrected chi connectivity index (χ3v) is 5.97. The van der Waals surface area contributed by atoms with Gasteiger partial charge in [-0.05, 0) is 47.4 Å². The Morgan fingerprint density at radius 1 is 0.452 bits per heavy atom. The van der Waals surface area contributed by atoms with Crippen molar-refractivity contribution in [3.63, 3.8) is 0 Å². The molecule has 0 atom stereocenters. The SMILES string of the molecule is C1CCOC1.Fc1ccc(B(c2ccc(F)c(C(F)(F)F)c2F)c2ccc(F)c(C(F)(F)F)c2F)c(F)c1C(F)(F)F. The fraction of sp³-hybridized carbons (Fsp3) is 0.280. The molecule has 0 N–H and O–H groups in total. The standard InChI is InChI=1S/C21H6BF15.C4H8O/c23-10-4-1-7(16(26)13(10)19(29,30)31)22(8-2-5-11(24)14(17(8)27)20(32,33)34)9-3-6-12(25)15(18(9)28)21(35,36)37;1-2-4-5-3-1/h1-6H;1-4H2. The van der Waals surface area contributed by atoms with Gasteiger partial charge in [0.2, 0.25) is 0 Å². The van der Waals surface area contributed by atoms with Crippen molar-refractivity contribution in [3.05, 3.63) is 88.0 Å². The summed E-state index contributed by atoms with van der Waals surface area (Å²) < 4.78 is 210. The summed E-state index contributed by atoms with van der Waals surface area (Å²) in [6, 6.07) is -0.0740. The lowest BCUT2D eigenvalue weighted by Gasteiger charge is -2.22.